The van der Waals surface area contributed by atoms with Crippen molar-refractivity contribution in [3.05, 3.63) is 78.1 Å². The molecule has 0 radical (unpaired) electrons. The van der Waals surface area contributed by atoms with Crippen LogP contribution in [-0.4, -0.2) is 29.1 Å². The highest BCUT2D eigenvalue weighted by atomic mass is 16.7. The van der Waals surface area contributed by atoms with E-state index in [1.165, 1.54) is 0 Å². The molecule has 6 nitrogen and oxygen atoms in total. The first-order chi connectivity index (χ1) is 13.7. The fourth-order valence-corrected chi connectivity index (χ4v) is 3.03. The van der Waals surface area contributed by atoms with Gasteiger partial charge in [0.25, 0.3) is 5.91 Å². The molecule has 142 valence electrons. The Hall–Kier alpha value is -3.54. The van der Waals surface area contributed by atoms with E-state index in [0.29, 0.717) is 24.5 Å². The van der Waals surface area contributed by atoms with Crippen LogP contribution in [-0.2, 0) is 6.54 Å². The Morgan fingerprint density at radius 1 is 1.04 bits per heavy atom. The minimum Gasteiger partial charge on any atom is -0.454 e. The number of rotatable bonds is 6. The molecule has 4 rings (SSSR count). The maximum atomic E-state index is 12.8. The summed E-state index contributed by atoms with van der Waals surface area (Å²) in [4.78, 5) is 18.9. The maximum absolute atomic E-state index is 12.8. The van der Waals surface area contributed by atoms with Gasteiger partial charge in [-0.25, -0.2) is 4.98 Å². The van der Waals surface area contributed by atoms with E-state index in [1.807, 2.05) is 61.5 Å². The summed E-state index contributed by atoms with van der Waals surface area (Å²) in [5.41, 5.74) is 3.18. The third-order valence-electron chi connectivity index (χ3n) is 4.53. The number of benzene rings is 2. The lowest BCUT2D eigenvalue weighted by Crippen LogP contribution is -2.30. The number of anilines is 2. The lowest BCUT2D eigenvalue weighted by atomic mass is 10.2. The number of carbonyl (C=O) groups is 1. The van der Waals surface area contributed by atoms with Gasteiger partial charge in [0.2, 0.25) is 6.79 Å². The molecule has 0 bridgehead atoms. The largest absolute Gasteiger partial charge is 0.454 e. The number of amides is 1. The maximum Gasteiger partial charge on any atom is 0.272 e. The van der Waals surface area contributed by atoms with Gasteiger partial charge >= 0.3 is 0 Å². The number of aromatic nitrogens is 1. The predicted molar refractivity (Wildman–Crippen MR) is 107 cm³/mol. The van der Waals surface area contributed by atoms with Crippen LogP contribution in [0.15, 0.2) is 66.9 Å². The van der Waals surface area contributed by atoms with Gasteiger partial charge in [-0.15, -0.1) is 0 Å². The van der Waals surface area contributed by atoms with E-state index in [1.54, 1.807) is 17.2 Å². The Morgan fingerprint density at radius 2 is 1.82 bits per heavy atom. The lowest BCUT2D eigenvalue weighted by Gasteiger charge is -2.20. The Balaban J connectivity index is 1.44. The van der Waals surface area contributed by atoms with Crippen molar-refractivity contribution in [3.63, 3.8) is 0 Å². The van der Waals surface area contributed by atoms with E-state index < -0.39 is 0 Å². The van der Waals surface area contributed by atoms with Crippen molar-refractivity contribution >= 4 is 17.3 Å². The second-order valence-electron chi connectivity index (χ2n) is 6.43. The molecule has 2 heterocycles. The Morgan fingerprint density at radius 3 is 2.57 bits per heavy atom. The van der Waals surface area contributed by atoms with Crippen LogP contribution < -0.4 is 14.8 Å². The fourth-order valence-electron chi connectivity index (χ4n) is 3.03. The minimum atomic E-state index is -0.0824. The molecule has 3 aromatic rings. The molecule has 0 unspecified atom stereocenters. The van der Waals surface area contributed by atoms with Crippen LogP contribution in [0.2, 0.25) is 0 Å². The van der Waals surface area contributed by atoms with Gasteiger partial charge < -0.3 is 19.7 Å². The van der Waals surface area contributed by atoms with Gasteiger partial charge in [-0.1, -0.05) is 30.3 Å². The smallest absolute Gasteiger partial charge is 0.272 e. The molecule has 2 aromatic carbocycles. The van der Waals surface area contributed by atoms with Crippen LogP contribution in [0.25, 0.3) is 0 Å². The monoisotopic (exact) mass is 375 g/mol. The summed E-state index contributed by atoms with van der Waals surface area (Å²) >= 11 is 0. The Bertz CT molecular complexity index is 959. The molecule has 0 atom stereocenters. The van der Waals surface area contributed by atoms with Gasteiger partial charge in [0.15, 0.2) is 11.5 Å². The molecule has 0 aliphatic carbocycles. The summed E-state index contributed by atoms with van der Waals surface area (Å²) in [6, 6.07) is 19.2. The number of nitrogens with zero attached hydrogens (tertiary/aromatic N) is 2. The quantitative estimate of drug-likeness (QED) is 0.699. The van der Waals surface area contributed by atoms with E-state index in [-0.39, 0.29) is 12.7 Å². The van der Waals surface area contributed by atoms with Crippen LogP contribution in [0.5, 0.6) is 11.5 Å². The van der Waals surface area contributed by atoms with E-state index in [0.717, 1.165) is 22.7 Å². The standard InChI is InChI=1S/C22H21N3O3/c1-2-25(14-16-6-4-3-5-7-16)22(26)19-10-8-18(13-23-19)24-17-9-11-20-21(12-17)28-15-27-20/h3-13,24H,2,14-15H2,1H3. The summed E-state index contributed by atoms with van der Waals surface area (Å²) in [5.74, 6) is 1.37. The minimum absolute atomic E-state index is 0.0824. The van der Waals surface area contributed by atoms with Crippen molar-refractivity contribution in [2.24, 2.45) is 0 Å². The summed E-state index contributed by atoms with van der Waals surface area (Å²) in [6.45, 7) is 3.39. The van der Waals surface area contributed by atoms with E-state index >= 15 is 0 Å². The summed E-state index contributed by atoms with van der Waals surface area (Å²) in [7, 11) is 0. The second kappa shape index (κ2) is 8.00. The van der Waals surface area contributed by atoms with Crippen LogP contribution in [0, 0.1) is 0 Å². The molecule has 28 heavy (non-hydrogen) atoms. The zero-order chi connectivity index (χ0) is 19.3. The Kier molecular flexibility index (Phi) is 5.10. The number of hydrogen-bond acceptors (Lipinski definition) is 5. The molecule has 6 heteroatoms. The van der Waals surface area contributed by atoms with Gasteiger partial charge in [0.1, 0.15) is 5.69 Å². The fraction of sp³-hybridized carbons (Fsp3) is 0.182. The van der Waals surface area contributed by atoms with Crippen molar-refractivity contribution in [3.8, 4) is 11.5 Å². The topological polar surface area (TPSA) is 63.7 Å². The van der Waals surface area contributed by atoms with Crippen molar-refractivity contribution in [1.82, 2.24) is 9.88 Å². The number of ether oxygens (including phenoxy) is 2. The van der Waals surface area contributed by atoms with Gasteiger partial charge in [0.05, 0.1) is 11.9 Å². The van der Waals surface area contributed by atoms with Crippen LogP contribution >= 0.6 is 0 Å². The third-order valence-corrected chi connectivity index (χ3v) is 4.53. The molecule has 1 N–H and O–H groups in total. The first-order valence-electron chi connectivity index (χ1n) is 9.19. The Labute approximate surface area is 163 Å². The average Bonchev–Trinajstić information content (AvgIpc) is 3.21. The number of fused-ring (bicyclic) bond motifs is 1. The molecule has 0 saturated heterocycles. The summed E-state index contributed by atoms with van der Waals surface area (Å²) < 4.78 is 10.7. The van der Waals surface area contributed by atoms with E-state index in [4.69, 9.17) is 9.47 Å². The lowest BCUT2D eigenvalue weighted by molar-refractivity contribution is 0.0746. The van der Waals surface area contributed by atoms with E-state index in [2.05, 4.69) is 10.3 Å². The highest BCUT2D eigenvalue weighted by molar-refractivity contribution is 5.92. The number of pyridine rings is 1. The van der Waals surface area contributed by atoms with Crippen molar-refractivity contribution in [1.29, 1.82) is 0 Å². The van der Waals surface area contributed by atoms with Crippen LogP contribution in [0.4, 0.5) is 11.4 Å². The highest BCUT2D eigenvalue weighted by Crippen LogP contribution is 2.35. The molecule has 0 saturated carbocycles. The summed E-state index contributed by atoms with van der Waals surface area (Å²) in [6.07, 6.45) is 1.66. The molecule has 0 spiro atoms. The highest BCUT2D eigenvalue weighted by Gasteiger charge is 2.16. The molecule has 1 aromatic heterocycles. The molecule has 1 amide bonds. The zero-order valence-corrected chi connectivity index (χ0v) is 15.6. The predicted octanol–water partition coefficient (Wildman–Crippen LogP) is 4.22. The molecule has 1 aliphatic rings. The number of carbonyl (C=O) groups excluding carboxylic acids is 1. The summed E-state index contributed by atoms with van der Waals surface area (Å²) in [5, 5.41) is 3.26. The van der Waals surface area contributed by atoms with Crippen LogP contribution in [0.3, 0.4) is 0 Å². The van der Waals surface area contributed by atoms with Gasteiger partial charge in [-0.3, -0.25) is 4.79 Å². The second-order valence-corrected chi connectivity index (χ2v) is 6.43. The molecular weight excluding hydrogens is 354 g/mol. The van der Waals surface area contributed by atoms with Crippen molar-refractivity contribution in [2.45, 2.75) is 13.5 Å². The third kappa shape index (κ3) is 3.91. The van der Waals surface area contributed by atoms with Crippen molar-refractivity contribution in [2.75, 3.05) is 18.7 Å². The van der Waals surface area contributed by atoms with E-state index in [9.17, 15) is 4.79 Å². The van der Waals surface area contributed by atoms with Crippen LogP contribution in [0.1, 0.15) is 23.0 Å². The first-order valence-corrected chi connectivity index (χ1v) is 9.19. The van der Waals surface area contributed by atoms with Gasteiger partial charge in [-0.2, -0.15) is 0 Å². The SMILES string of the molecule is CCN(Cc1ccccc1)C(=O)c1ccc(Nc2ccc3c(c2)OCO3)cn1. The number of hydrogen-bond donors (Lipinski definition) is 1. The number of nitrogens with one attached hydrogen (secondary N) is 1. The zero-order valence-electron chi connectivity index (χ0n) is 15.6. The normalized spacial score (nSPS) is 11.9. The molecule has 0 fully saturated rings. The molecular formula is C22H21N3O3. The molecule has 1 aliphatic heterocycles. The van der Waals surface area contributed by atoms with Gasteiger partial charge in [0, 0.05) is 24.8 Å². The van der Waals surface area contributed by atoms with Gasteiger partial charge in [-0.05, 0) is 36.8 Å². The average molecular weight is 375 g/mol. The van der Waals surface area contributed by atoms with Crippen molar-refractivity contribution < 1.29 is 14.3 Å². The first kappa shape index (κ1) is 17.9.